The van der Waals surface area contributed by atoms with Crippen LogP contribution in [0.15, 0.2) is 0 Å². The van der Waals surface area contributed by atoms with E-state index >= 15 is 0 Å². The van der Waals surface area contributed by atoms with Gasteiger partial charge in [-0.1, -0.05) is 26.2 Å². The van der Waals surface area contributed by atoms with E-state index in [1.165, 1.54) is 19.3 Å². The van der Waals surface area contributed by atoms with Gasteiger partial charge in [0.15, 0.2) is 0 Å². The molecule has 0 bridgehead atoms. The Balaban J connectivity index is 3.34. The number of rotatable bonds is 8. The first-order valence-corrected chi connectivity index (χ1v) is 5.08. The van der Waals surface area contributed by atoms with E-state index in [9.17, 15) is 0 Å². The van der Waals surface area contributed by atoms with Crippen molar-refractivity contribution in [2.24, 2.45) is 0 Å². The van der Waals surface area contributed by atoms with Gasteiger partial charge in [0.25, 0.3) is 0 Å². The highest BCUT2D eigenvalue weighted by atomic mass is 16.6. The van der Waals surface area contributed by atoms with Crippen molar-refractivity contribution in [3.63, 3.8) is 0 Å². The fourth-order valence-corrected chi connectivity index (χ4v) is 1.15. The molecule has 0 heterocycles. The zero-order valence-electron chi connectivity index (χ0n) is 8.64. The van der Waals surface area contributed by atoms with Crippen LogP contribution in [0.25, 0.3) is 0 Å². The van der Waals surface area contributed by atoms with Crippen LogP contribution < -0.4 is 0 Å². The molecule has 0 fully saturated rings. The van der Waals surface area contributed by atoms with Crippen LogP contribution >= 0.6 is 0 Å². The molecule has 0 unspecified atom stereocenters. The molecular formula is C9H21BO2. The monoisotopic (exact) mass is 172 g/mol. The third-order valence-electron chi connectivity index (χ3n) is 1.75. The molecule has 0 aliphatic heterocycles. The lowest BCUT2D eigenvalue weighted by Gasteiger charge is -2.11. The van der Waals surface area contributed by atoms with Crippen molar-refractivity contribution in [1.29, 1.82) is 0 Å². The summed E-state index contributed by atoms with van der Waals surface area (Å²) in [7, 11) is 0.0338. The molecule has 0 aromatic rings. The van der Waals surface area contributed by atoms with Crippen LogP contribution in [0.3, 0.4) is 0 Å². The van der Waals surface area contributed by atoms with E-state index < -0.39 is 0 Å². The van der Waals surface area contributed by atoms with Gasteiger partial charge in [-0.2, -0.15) is 0 Å². The summed E-state index contributed by atoms with van der Waals surface area (Å²) in [4.78, 5) is 0. The minimum Gasteiger partial charge on any atom is -0.411 e. The quantitative estimate of drug-likeness (QED) is 0.414. The Bertz CT molecular complexity index is 82.6. The Morgan fingerprint density at radius 2 is 1.50 bits per heavy atom. The molecule has 0 atom stereocenters. The molecule has 0 N–H and O–H groups in total. The fourth-order valence-electron chi connectivity index (χ4n) is 1.15. The fraction of sp³-hybridized carbons (Fsp3) is 1.00. The van der Waals surface area contributed by atoms with Crippen molar-refractivity contribution in [3.05, 3.63) is 0 Å². The molecule has 72 valence electrons. The van der Waals surface area contributed by atoms with Crippen LogP contribution in [0.4, 0.5) is 0 Å². The van der Waals surface area contributed by atoms with E-state index in [4.69, 9.17) is 9.31 Å². The number of hydrogen-bond donors (Lipinski definition) is 0. The summed E-state index contributed by atoms with van der Waals surface area (Å²) in [6.07, 6.45) is 4.78. The highest BCUT2D eigenvalue weighted by Crippen LogP contribution is 2.05. The maximum atomic E-state index is 5.41. The topological polar surface area (TPSA) is 18.5 Å². The van der Waals surface area contributed by atoms with Crippen molar-refractivity contribution < 1.29 is 9.31 Å². The van der Waals surface area contributed by atoms with Gasteiger partial charge >= 0.3 is 7.12 Å². The summed E-state index contributed by atoms with van der Waals surface area (Å²) in [6, 6.07) is 0. The average Bonchev–Trinajstić information content (AvgIpc) is 2.06. The van der Waals surface area contributed by atoms with Gasteiger partial charge in [0.05, 0.1) is 0 Å². The molecule has 0 rings (SSSR count). The number of unbranched alkanes of at least 4 members (excludes halogenated alkanes) is 2. The Labute approximate surface area is 76.8 Å². The molecule has 0 aromatic carbocycles. The van der Waals surface area contributed by atoms with E-state index in [0.29, 0.717) is 0 Å². The van der Waals surface area contributed by atoms with Crippen LogP contribution in [0.5, 0.6) is 0 Å². The van der Waals surface area contributed by atoms with Gasteiger partial charge in [-0.25, -0.2) is 0 Å². The van der Waals surface area contributed by atoms with Crippen molar-refractivity contribution >= 4 is 7.12 Å². The standard InChI is InChI=1S/C9H21BO2/c1-4-7-8-9-10(11-5-2)12-6-3/h4-9H2,1-3H3. The van der Waals surface area contributed by atoms with Crippen molar-refractivity contribution in [2.75, 3.05) is 13.2 Å². The maximum absolute atomic E-state index is 5.41. The van der Waals surface area contributed by atoms with Gasteiger partial charge in [0, 0.05) is 13.2 Å². The van der Waals surface area contributed by atoms with E-state index in [-0.39, 0.29) is 7.12 Å². The lowest BCUT2D eigenvalue weighted by atomic mass is 9.82. The van der Waals surface area contributed by atoms with Crippen molar-refractivity contribution in [2.45, 2.75) is 46.4 Å². The first kappa shape index (κ1) is 12.0. The molecule has 3 heteroatoms. The highest BCUT2D eigenvalue weighted by Gasteiger charge is 2.15. The SMILES string of the molecule is CCCCCB(OCC)OCC. The molecule has 0 aliphatic carbocycles. The smallest absolute Gasteiger partial charge is 0.411 e. The van der Waals surface area contributed by atoms with E-state index in [1.807, 2.05) is 13.8 Å². The minimum absolute atomic E-state index is 0.0338. The minimum atomic E-state index is 0.0338. The summed E-state index contributed by atoms with van der Waals surface area (Å²) in [5.41, 5.74) is 0. The van der Waals surface area contributed by atoms with E-state index in [0.717, 1.165) is 19.5 Å². The molecule has 0 aliphatic rings. The van der Waals surface area contributed by atoms with Crippen LogP contribution in [-0.2, 0) is 9.31 Å². The zero-order chi connectivity index (χ0) is 9.23. The predicted molar refractivity (Wildman–Crippen MR) is 53.3 cm³/mol. The van der Waals surface area contributed by atoms with Gasteiger partial charge < -0.3 is 9.31 Å². The van der Waals surface area contributed by atoms with Gasteiger partial charge in [-0.05, 0) is 20.2 Å². The molecule has 12 heavy (non-hydrogen) atoms. The molecular weight excluding hydrogens is 151 g/mol. The summed E-state index contributed by atoms with van der Waals surface area (Å²) in [5.74, 6) is 0. The molecule has 2 nitrogen and oxygen atoms in total. The first-order chi connectivity index (χ1) is 5.85. The predicted octanol–water partition coefficient (Wildman–Crippen LogP) is 2.74. The Hall–Kier alpha value is -0.0151. The lowest BCUT2D eigenvalue weighted by molar-refractivity contribution is 0.212. The first-order valence-electron chi connectivity index (χ1n) is 5.08. The summed E-state index contributed by atoms with van der Waals surface area (Å²) >= 11 is 0. The second kappa shape index (κ2) is 9.08. The second-order valence-electron chi connectivity index (χ2n) is 2.84. The summed E-state index contributed by atoms with van der Waals surface area (Å²) in [6.45, 7) is 7.71. The Kier molecular flexibility index (Phi) is 9.06. The van der Waals surface area contributed by atoms with Gasteiger partial charge in [0.1, 0.15) is 0 Å². The largest absolute Gasteiger partial charge is 0.456 e. The summed E-state index contributed by atoms with van der Waals surface area (Å²) < 4.78 is 10.8. The van der Waals surface area contributed by atoms with Crippen LogP contribution in [0.1, 0.15) is 40.0 Å². The average molecular weight is 172 g/mol. The molecule has 0 radical (unpaired) electrons. The molecule has 0 spiro atoms. The highest BCUT2D eigenvalue weighted by molar-refractivity contribution is 6.44. The number of hydrogen-bond acceptors (Lipinski definition) is 2. The zero-order valence-corrected chi connectivity index (χ0v) is 8.64. The van der Waals surface area contributed by atoms with Crippen LogP contribution in [0.2, 0.25) is 6.32 Å². The van der Waals surface area contributed by atoms with E-state index in [1.54, 1.807) is 0 Å². The Morgan fingerprint density at radius 3 is 1.92 bits per heavy atom. The molecule has 0 aromatic heterocycles. The van der Waals surface area contributed by atoms with Crippen molar-refractivity contribution in [1.82, 2.24) is 0 Å². The van der Waals surface area contributed by atoms with Crippen LogP contribution in [-0.4, -0.2) is 20.3 Å². The molecule has 0 amide bonds. The molecule has 0 saturated carbocycles. The Morgan fingerprint density at radius 1 is 0.917 bits per heavy atom. The summed E-state index contributed by atoms with van der Waals surface area (Å²) in [5, 5.41) is 0. The maximum Gasteiger partial charge on any atom is 0.456 e. The molecule has 0 saturated heterocycles. The van der Waals surface area contributed by atoms with Crippen LogP contribution in [0, 0.1) is 0 Å². The van der Waals surface area contributed by atoms with Crippen molar-refractivity contribution in [3.8, 4) is 0 Å². The van der Waals surface area contributed by atoms with Gasteiger partial charge in [-0.3, -0.25) is 0 Å². The lowest BCUT2D eigenvalue weighted by Crippen LogP contribution is -2.22. The second-order valence-corrected chi connectivity index (χ2v) is 2.84. The van der Waals surface area contributed by atoms with Gasteiger partial charge in [-0.15, -0.1) is 0 Å². The van der Waals surface area contributed by atoms with E-state index in [2.05, 4.69) is 6.92 Å². The third-order valence-corrected chi connectivity index (χ3v) is 1.75. The van der Waals surface area contributed by atoms with Gasteiger partial charge in [0.2, 0.25) is 0 Å². The normalized spacial score (nSPS) is 10.2. The third kappa shape index (κ3) is 6.68.